The van der Waals surface area contributed by atoms with Gasteiger partial charge in [0, 0.05) is 12.1 Å². The molecule has 6 heteroatoms. The standard InChI is InChI=1S/C32H35NO5/c1-6-18-37-25-16-12-23(13-17-25)29(34)27-28(24-9-7-8-21(2)19-24)33(31(36)30(27)35)20-22-10-14-26(15-11-22)38-32(3,4)5/h7-17,19,28,34H,6,18,20H2,1-5H3/b29-27-. The predicted molar refractivity (Wildman–Crippen MR) is 148 cm³/mol. The molecule has 38 heavy (non-hydrogen) atoms. The van der Waals surface area contributed by atoms with E-state index in [-0.39, 0.29) is 23.5 Å². The zero-order chi connectivity index (χ0) is 27.4. The van der Waals surface area contributed by atoms with E-state index in [1.54, 1.807) is 24.3 Å². The quantitative estimate of drug-likeness (QED) is 0.209. The van der Waals surface area contributed by atoms with Crippen molar-refractivity contribution in [2.45, 2.75) is 59.2 Å². The van der Waals surface area contributed by atoms with Crippen LogP contribution in [0.25, 0.3) is 5.76 Å². The van der Waals surface area contributed by atoms with Gasteiger partial charge in [0.15, 0.2) is 0 Å². The number of amides is 1. The fraction of sp³-hybridized carbons (Fsp3) is 0.312. The van der Waals surface area contributed by atoms with Gasteiger partial charge in [-0.1, -0.05) is 48.9 Å². The molecule has 1 heterocycles. The van der Waals surface area contributed by atoms with Crippen molar-refractivity contribution in [2.24, 2.45) is 0 Å². The number of ketones is 1. The molecule has 0 spiro atoms. The Labute approximate surface area is 224 Å². The summed E-state index contributed by atoms with van der Waals surface area (Å²) in [6, 6.07) is 21.4. The lowest BCUT2D eigenvalue weighted by Crippen LogP contribution is -2.29. The highest BCUT2D eigenvalue weighted by Gasteiger charge is 2.46. The Morgan fingerprint density at radius 3 is 2.21 bits per heavy atom. The van der Waals surface area contributed by atoms with E-state index in [1.165, 1.54) is 4.90 Å². The van der Waals surface area contributed by atoms with Crippen LogP contribution in [-0.2, 0) is 16.1 Å². The zero-order valence-corrected chi connectivity index (χ0v) is 22.7. The lowest BCUT2D eigenvalue weighted by atomic mass is 9.94. The number of hydrogen-bond donors (Lipinski definition) is 1. The largest absolute Gasteiger partial charge is 0.507 e. The van der Waals surface area contributed by atoms with Gasteiger partial charge >= 0.3 is 0 Å². The molecule has 1 unspecified atom stereocenters. The number of hydrogen-bond acceptors (Lipinski definition) is 5. The molecule has 1 amide bonds. The maximum absolute atomic E-state index is 13.4. The van der Waals surface area contributed by atoms with Gasteiger partial charge in [-0.25, -0.2) is 0 Å². The third kappa shape index (κ3) is 6.08. The van der Waals surface area contributed by atoms with Gasteiger partial charge in [-0.15, -0.1) is 0 Å². The molecule has 3 aromatic rings. The van der Waals surface area contributed by atoms with Gasteiger partial charge in [0.25, 0.3) is 11.7 Å². The molecule has 4 rings (SSSR count). The molecule has 1 fully saturated rings. The van der Waals surface area contributed by atoms with Crippen molar-refractivity contribution in [3.05, 3.63) is 101 Å². The number of aliphatic hydroxyl groups excluding tert-OH is 1. The smallest absolute Gasteiger partial charge is 0.295 e. The van der Waals surface area contributed by atoms with Gasteiger partial charge in [0.1, 0.15) is 22.9 Å². The number of carbonyl (C=O) groups is 2. The molecule has 0 saturated carbocycles. The molecule has 1 saturated heterocycles. The van der Waals surface area contributed by atoms with E-state index >= 15 is 0 Å². The van der Waals surface area contributed by atoms with Crippen LogP contribution in [0.3, 0.4) is 0 Å². The Morgan fingerprint density at radius 2 is 1.61 bits per heavy atom. The lowest BCUT2D eigenvalue weighted by Gasteiger charge is -2.26. The Bertz CT molecular complexity index is 1330. The van der Waals surface area contributed by atoms with Crippen LogP contribution in [0.1, 0.15) is 62.4 Å². The van der Waals surface area contributed by atoms with Crippen LogP contribution < -0.4 is 9.47 Å². The van der Waals surface area contributed by atoms with Crippen molar-refractivity contribution in [1.82, 2.24) is 4.90 Å². The second-order valence-corrected chi connectivity index (χ2v) is 10.6. The van der Waals surface area contributed by atoms with Gasteiger partial charge in [-0.05, 0) is 81.6 Å². The fourth-order valence-electron chi connectivity index (χ4n) is 4.53. The summed E-state index contributed by atoms with van der Waals surface area (Å²) < 4.78 is 11.6. The highest BCUT2D eigenvalue weighted by atomic mass is 16.5. The van der Waals surface area contributed by atoms with E-state index in [2.05, 4.69) is 0 Å². The summed E-state index contributed by atoms with van der Waals surface area (Å²) >= 11 is 0. The summed E-state index contributed by atoms with van der Waals surface area (Å²) in [5.41, 5.74) is 2.81. The third-order valence-corrected chi connectivity index (χ3v) is 6.20. The van der Waals surface area contributed by atoms with Crippen molar-refractivity contribution in [2.75, 3.05) is 6.61 Å². The molecular weight excluding hydrogens is 478 g/mol. The van der Waals surface area contributed by atoms with Gasteiger partial charge < -0.3 is 19.5 Å². The molecular formula is C32H35NO5. The molecule has 6 nitrogen and oxygen atoms in total. The number of rotatable bonds is 8. The first-order valence-electron chi connectivity index (χ1n) is 12.9. The minimum atomic E-state index is -0.726. The van der Waals surface area contributed by atoms with Crippen molar-refractivity contribution >= 4 is 17.4 Å². The van der Waals surface area contributed by atoms with E-state index in [1.807, 2.05) is 83.1 Å². The maximum Gasteiger partial charge on any atom is 0.295 e. The summed E-state index contributed by atoms with van der Waals surface area (Å²) in [4.78, 5) is 28.2. The minimum Gasteiger partial charge on any atom is -0.507 e. The van der Waals surface area contributed by atoms with E-state index in [4.69, 9.17) is 9.47 Å². The van der Waals surface area contributed by atoms with E-state index in [0.717, 1.165) is 28.9 Å². The number of Topliss-reactive ketones (excluding diaryl/α,β-unsaturated/α-hetero) is 1. The summed E-state index contributed by atoms with van der Waals surface area (Å²) in [7, 11) is 0. The average molecular weight is 514 g/mol. The Kier molecular flexibility index (Phi) is 7.91. The van der Waals surface area contributed by atoms with Crippen LogP contribution in [0.4, 0.5) is 0 Å². The predicted octanol–water partition coefficient (Wildman–Crippen LogP) is 6.58. The monoisotopic (exact) mass is 513 g/mol. The van der Waals surface area contributed by atoms with Gasteiger partial charge in [0.05, 0.1) is 18.2 Å². The Morgan fingerprint density at radius 1 is 0.947 bits per heavy atom. The van der Waals surface area contributed by atoms with Crippen LogP contribution >= 0.6 is 0 Å². The van der Waals surface area contributed by atoms with Crippen molar-refractivity contribution in [3.63, 3.8) is 0 Å². The summed E-state index contributed by atoms with van der Waals surface area (Å²) in [5.74, 6) is -0.139. The highest BCUT2D eigenvalue weighted by Crippen LogP contribution is 2.40. The van der Waals surface area contributed by atoms with E-state index in [9.17, 15) is 14.7 Å². The van der Waals surface area contributed by atoms with Crippen molar-refractivity contribution in [1.29, 1.82) is 0 Å². The molecule has 198 valence electrons. The summed E-state index contributed by atoms with van der Waals surface area (Å²) in [5, 5.41) is 11.3. The summed E-state index contributed by atoms with van der Waals surface area (Å²) in [6.07, 6.45) is 0.883. The first-order valence-corrected chi connectivity index (χ1v) is 12.9. The third-order valence-electron chi connectivity index (χ3n) is 6.20. The number of aliphatic hydroxyl groups is 1. The molecule has 0 radical (unpaired) electrons. The number of nitrogens with zero attached hydrogens (tertiary/aromatic N) is 1. The minimum absolute atomic E-state index is 0.0792. The van der Waals surface area contributed by atoms with E-state index in [0.29, 0.717) is 17.9 Å². The number of aryl methyl sites for hydroxylation is 1. The van der Waals surface area contributed by atoms with Gasteiger partial charge in [-0.3, -0.25) is 9.59 Å². The summed E-state index contributed by atoms with van der Waals surface area (Å²) in [6.45, 7) is 10.7. The Balaban J connectivity index is 1.72. The first kappa shape index (κ1) is 27.0. The Hall–Kier alpha value is -4.06. The SMILES string of the molecule is CCCOc1ccc(/C(O)=C2/C(=O)C(=O)N(Cc3ccc(OC(C)(C)C)cc3)C2c2cccc(C)c2)cc1. The van der Waals surface area contributed by atoms with Crippen LogP contribution in [0, 0.1) is 6.92 Å². The fourth-order valence-corrected chi connectivity index (χ4v) is 4.53. The van der Waals surface area contributed by atoms with E-state index < -0.39 is 17.7 Å². The molecule has 1 N–H and O–H groups in total. The molecule has 3 aromatic carbocycles. The number of ether oxygens (including phenoxy) is 2. The molecule has 1 aliphatic rings. The van der Waals surface area contributed by atoms with Crippen molar-refractivity contribution in [3.8, 4) is 11.5 Å². The zero-order valence-electron chi connectivity index (χ0n) is 22.7. The number of carbonyl (C=O) groups excluding carboxylic acids is 2. The second kappa shape index (κ2) is 11.1. The van der Waals surface area contributed by atoms with Crippen LogP contribution in [0.5, 0.6) is 11.5 Å². The molecule has 0 aromatic heterocycles. The number of likely N-dealkylation sites (tertiary alicyclic amines) is 1. The van der Waals surface area contributed by atoms with Crippen LogP contribution in [0.15, 0.2) is 78.4 Å². The average Bonchev–Trinajstić information content (AvgIpc) is 3.12. The van der Waals surface area contributed by atoms with Crippen LogP contribution in [0.2, 0.25) is 0 Å². The molecule has 0 aliphatic carbocycles. The van der Waals surface area contributed by atoms with Crippen molar-refractivity contribution < 1.29 is 24.2 Å². The maximum atomic E-state index is 13.4. The number of benzene rings is 3. The second-order valence-electron chi connectivity index (χ2n) is 10.6. The molecule has 1 atom stereocenters. The lowest BCUT2D eigenvalue weighted by molar-refractivity contribution is -0.140. The molecule has 1 aliphatic heterocycles. The van der Waals surface area contributed by atoms with Gasteiger partial charge in [0.2, 0.25) is 0 Å². The highest BCUT2D eigenvalue weighted by molar-refractivity contribution is 6.46. The topological polar surface area (TPSA) is 76.1 Å². The van der Waals surface area contributed by atoms with Gasteiger partial charge in [-0.2, -0.15) is 0 Å². The van der Waals surface area contributed by atoms with Crippen LogP contribution in [-0.4, -0.2) is 33.9 Å². The normalized spacial score (nSPS) is 17.1. The molecule has 0 bridgehead atoms. The first-order chi connectivity index (χ1) is 18.1.